The Balaban J connectivity index is 1.63. The van der Waals surface area contributed by atoms with Crippen LogP contribution in [0, 0.1) is 29.1 Å². The van der Waals surface area contributed by atoms with Crippen LogP contribution in [0.25, 0.3) is 0 Å². The summed E-state index contributed by atoms with van der Waals surface area (Å²) in [6, 6.07) is 0. The van der Waals surface area contributed by atoms with Crippen LogP contribution in [0.3, 0.4) is 0 Å². The maximum absolute atomic E-state index is 10.4. The standard InChI is InChI=1S/C18H28O/c1-18-11-10-14-13-5-3-2-4-12(13)6-7-15(14)16(18)8-9-17(18)19/h4,13-17,19H,2-3,5-11H2,1H3/t13-,14-,15+,16-,17-,18+/m1/s1. The van der Waals surface area contributed by atoms with E-state index >= 15 is 0 Å². The van der Waals surface area contributed by atoms with Gasteiger partial charge < -0.3 is 5.11 Å². The average Bonchev–Trinajstić information content (AvgIpc) is 2.75. The minimum absolute atomic E-state index is 0.0123. The molecule has 0 aromatic rings. The number of rotatable bonds is 0. The van der Waals surface area contributed by atoms with Crippen molar-refractivity contribution in [2.75, 3.05) is 0 Å². The highest BCUT2D eigenvalue weighted by molar-refractivity contribution is 5.18. The van der Waals surface area contributed by atoms with Crippen molar-refractivity contribution in [3.63, 3.8) is 0 Å². The Morgan fingerprint density at radius 2 is 2.00 bits per heavy atom. The Morgan fingerprint density at radius 3 is 2.89 bits per heavy atom. The van der Waals surface area contributed by atoms with Gasteiger partial charge in [0.25, 0.3) is 0 Å². The third-order valence-electron chi connectivity index (χ3n) is 7.33. The fraction of sp³-hybridized carbons (Fsp3) is 0.889. The van der Waals surface area contributed by atoms with Crippen molar-refractivity contribution < 1.29 is 5.11 Å². The lowest BCUT2D eigenvalue weighted by atomic mass is 9.52. The van der Waals surface area contributed by atoms with Gasteiger partial charge in [-0.15, -0.1) is 0 Å². The second-order valence-electron chi connectivity index (χ2n) is 7.93. The van der Waals surface area contributed by atoms with Crippen molar-refractivity contribution in [1.29, 1.82) is 0 Å². The molecule has 0 unspecified atom stereocenters. The summed E-state index contributed by atoms with van der Waals surface area (Å²) in [4.78, 5) is 0. The van der Waals surface area contributed by atoms with Gasteiger partial charge in [-0.25, -0.2) is 0 Å². The van der Waals surface area contributed by atoms with Crippen LogP contribution in [0.15, 0.2) is 11.6 Å². The van der Waals surface area contributed by atoms with E-state index in [4.69, 9.17) is 0 Å². The summed E-state index contributed by atoms with van der Waals surface area (Å²) in [6.45, 7) is 2.39. The summed E-state index contributed by atoms with van der Waals surface area (Å²) in [5, 5.41) is 10.4. The summed E-state index contributed by atoms with van der Waals surface area (Å²) in [7, 11) is 0. The molecule has 3 saturated carbocycles. The summed E-state index contributed by atoms with van der Waals surface area (Å²) in [5.74, 6) is 3.64. The van der Waals surface area contributed by atoms with Crippen LogP contribution in [-0.4, -0.2) is 11.2 Å². The van der Waals surface area contributed by atoms with E-state index < -0.39 is 0 Å². The quantitative estimate of drug-likeness (QED) is 0.643. The van der Waals surface area contributed by atoms with Gasteiger partial charge in [-0.05, 0) is 86.9 Å². The predicted octanol–water partition coefficient (Wildman–Crippen LogP) is 4.31. The minimum Gasteiger partial charge on any atom is -0.393 e. The zero-order valence-corrected chi connectivity index (χ0v) is 12.3. The first-order chi connectivity index (χ1) is 9.20. The van der Waals surface area contributed by atoms with Gasteiger partial charge in [0, 0.05) is 0 Å². The van der Waals surface area contributed by atoms with E-state index in [1.807, 2.05) is 5.57 Å². The van der Waals surface area contributed by atoms with E-state index in [9.17, 15) is 5.11 Å². The summed E-state index contributed by atoms with van der Waals surface area (Å²) < 4.78 is 0. The van der Waals surface area contributed by atoms with Crippen molar-refractivity contribution in [3.05, 3.63) is 11.6 Å². The smallest absolute Gasteiger partial charge is 0.0596 e. The molecule has 0 aromatic heterocycles. The largest absolute Gasteiger partial charge is 0.393 e. The van der Waals surface area contributed by atoms with Crippen LogP contribution in [-0.2, 0) is 0 Å². The molecule has 0 bridgehead atoms. The first-order valence-electron chi connectivity index (χ1n) is 8.57. The topological polar surface area (TPSA) is 20.2 Å². The Labute approximate surface area is 117 Å². The monoisotopic (exact) mass is 260 g/mol. The van der Waals surface area contributed by atoms with Gasteiger partial charge in [0.2, 0.25) is 0 Å². The van der Waals surface area contributed by atoms with Crippen LogP contribution < -0.4 is 0 Å². The Kier molecular flexibility index (Phi) is 2.85. The fourth-order valence-corrected chi connectivity index (χ4v) is 6.28. The molecular weight excluding hydrogens is 232 g/mol. The second kappa shape index (κ2) is 4.35. The molecule has 0 heterocycles. The molecule has 4 aliphatic rings. The lowest BCUT2D eigenvalue weighted by Crippen LogP contribution is -2.47. The summed E-state index contributed by atoms with van der Waals surface area (Å²) in [5.41, 5.74) is 2.08. The van der Waals surface area contributed by atoms with E-state index in [1.165, 1.54) is 51.4 Å². The molecule has 0 radical (unpaired) electrons. The molecule has 0 amide bonds. The second-order valence-corrected chi connectivity index (χ2v) is 7.93. The Hall–Kier alpha value is -0.300. The van der Waals surface area contributed by atoms with Gasteiger partial charge in [0.05, 0.1) is 6.10 Å². The zero-order valence-electron chi connectivity index (χ0n) is 12.3. The van der Waals surface area contributed by atoms with Crippen molar-refractivity contribution in [1.82, 2.24) is 0 Å². The first kappa shape index (κ1) is 12.4. The summed E-state index contributed by atoms with van der Waals surface area (Å²) in [6.07, 6.45) is 14.6. The molecule has 3 fully saturated rings. The van der Waals surface area contributed by atoms with Crippen molar-refractivity contribution in [2.24, 2.45) is 29.1 Å². The van der Waals surface area contributed by atoms with Crippen molar-refractivity contribution in [3.8, 4) is 0 Å². The third-order valence-corrected chi connectivity index (χ3v) is 7.33. The molecule has 1 heteroatoms. The molecule has 1 N–H and O–H groups in total. The lowest BCUT2D eigenvalue weighted by molar-refractivity contribution is -0.0533. The highest BCUT2D eigenvalue weighted by Crippen LogP contribution is 2.61. The van der Waals surface area contributed by atoms with Crippen LogP contribution in [0.5, 0.6) is 0 Å². The van der Waals surface area contributed by atoms with E-state index in [1.54, 1.807) is 0 Å². The number of fused-ring (bicyclic) bond motifs is 5. The van der Waals surface area contributed by atoms with Gasteiger partial charge in [0.15, 0.2) is 0 Å². The number of aliphatic hydroxyl groups excluding tert-OH is 1. The molecule has 19 heavy (non-hydrogen) atoms. The number of allylic oxidation sites excluding steroid dienone is 2. The van der Waals surface area contributed by atoms with E-state index in [0.29, 0.717) is 0 Å². The highest BCUT2D eigenvalue weighted by atomic mass is 16.3. The van der Waals surface area contributed by atoms with Crippen LogP contribution in [0.1, 0.15) is 64.7 Å². The van der Waals surface area contributed by atoms with Crippen LogP contribution in [0.2, 0.25) is 0 Å². The van der Waals surface area contributed by atoms with E-state index in [0.717, 1.165) is 30.1 Å². The van der Waals surface area contributed by atoms with Gasteiger partial charge in [-0.3, -0.25) is 0 Å². The average molecular weight is 260 g/mol. The number of hydrogen-bond donors (Lipinski definition) is 1. The highest BCUT2D eigenvalue weighted by Gasteiger charge is 2.55. The molecule has 4 aliphatic carbocycles. The molecule has 1 nitrogen and oxygen atoms in total. The number of hydrogen-bond acceptors (Lipinski definition) is 1. The van der Waals surface area contributed by atoms with E-state index in [-0.39, 0.29) is 11.5 Å². The minimum atomic E-state index is -0.0123. The Morgan fingerprint density at radius 1 is 1.11 bits per heavy atom. The fourth-order valence-electron chi connectivity index (χ4n) is 6.28. The van der Waals surface area contributed by atoms with Gasteiger partial charge in [-0.1, -0.05) is 18.6 Å². The third kappa shape index (κ3) is 1.70. The zero-order chi connectivity index (χ0) is 13.0. The van der Waals surface area contributed by atoms with Gasteiger partial charge >= 0.3 is 0 Å². The molecule has 0 aromatic carbocycles. The lowest BCUT2D eigenvalue weighted by Gasteiger charge is -2.53. The van der Waals surface area contributed by atoms with Crippen LogP contribution >= 0.6 is 0 Å². The molecule has 4 rings (SSSR count). The normalized spacial score (nSPS) is 52.9. The van der Waals surface area contributed by atoms with Crippen LogP contribution in [0.4, 0.5) is 0 Å². The molecule has 106 valence electrons. The SMILES string of the molecule is C[C@]12CC[C@H]3[C@H](CCC4=CCCC[C@H]43)[C@H]1CC[C@H]2O. The van der Waals surface area contributed by atoms with Crippen molar-refractivity contribution >= 4 is 0 Å². The van der Waals surface area contributed by atoms with E-state index in [2.05, 4.69) is 13.0 Å². The molecule has 0 spiro atoms. The molecule has 0 aliphatic heterocycles. The number of aliphatic hydroxyl groups is 1. The van der Waals surface area contributed by atoms with Gasteiger partial charge in [-0.2, -0.15) is 0 Å². The first-order valence-corrected chi connectivity index (χ1v) is 8.57. The Bertz CT molecular complexity index is 398. The summed E-state index contributed by atoms with van der Waals surface area (Å²) >= 11 is 0. The predicted molar refractivity (Wildman–Crippen MR) is 77.7 cm³/mol. The molecule has 0 saturated heterocycles. The maximum atomic E-state index is 10.4. The molecular formula is C18H28O. The van der Waals surface area contributed by atoms with Gasteiger partial charge in [0.1, 0.15) is 0 Å². The molecule has 6 atom stereocenters. The maximum Gasteiger partial charge on any atom is 0.0596 e. The van der Waals surface area contributed by atoms with Crippen molar-refractivity contribution in [2.45, 2.75) is 70.8 Å².